The largest absolute Gasteiger partial charge is 0.491 e. The number of anilines is 1. The number of nitrogens with one attached hydrogen (secondary N) is 2. The summed E-state index contributed by atoms with van der Waals surface area (Å²) in [6.07, 6.45) is 5.06. The molecule has 1 saturated carbocycles. The van der Waals surface area contributed by atoms with Crippen molar-refractivity contribution in [3.8, 4) is 17.6 Å². The molecule has 3 aliphatic heterocycles. The van der Waals surface area contributed by atoms with Crippen LogP contribution < -0.4 is 20.3 Å². The number of carbonyl (C=O) groups excluding carboxylic acids is 5. The van der Waals surface area contributed by atoms with Crippen LogP contribution in [0.25, 0.3) is 0 Å². The standard InChI is InChI=1S/C54H58N4O10/c1-5-30-55-48(60)42-45-50(62)68-46(37-20-12-9-13-21-37)44(36-18-10-8-11-19-36)58(45)47(38-22-14-15-23-41(38)67-32-31-59)54(42)39-33-35(26-29-53(65)27-16-6-7-17-28-53)24-25-40(39)57(51(54)63)52(64)56-43(34(2)3)49(61)66-4/h5,8-15,18-25,33-34,42-47,59,65H,1,6-7,16-17,27-28,30-32H2,2-4H3,(H,55,60)(H,56,64)/t42-,43-,44-,45-,46+,47+,54-/m0/s1. The molecule has 4 N–H and O–H groups in total. The molecular formula is C54H58N4O10. The number of urea groups is 1. The van der Waals surface area contributed by atoms with Gasteiger partial charge in [-0.15, -0.1) is 6.58 Å². The van der Waals surface area contributed by atoms with Crippen molar-refractivity contribution in [1.82, 2.24) is 15.5 Å². The Balaban J connectivity index is 1.47. The van der Waals surface area contributed by atoms with E-state index in [9.17, 15) is 15.0 Å². The van der Waals surface area contributed by atoms with Gasteiger partial charge < -0.3 is 35.1 Å². The van der Waals surface area contributed by atoms with E-state index in [-0.39, 0.29) is 36.8 Å². The zero-order valence-corrected chi connectivity index (χ0v) is 38.6. The Morgan fingerprint density at radius 3 is 2.22 bits per heavy atom. The smallest absolute Gasteiger partial charge is 0.329 e. The van der Waals surface area contributed by atoms with Crippen molar-refractivity contribution in [3.05, 3.63) is 144 Å². The number of morpholine rings is 1. The number of carbonyl (C=O) groups is 5. The van der Waals surface area contributed by atoms with Crippen LogP contribution in [-0.4, -0.2) is 89.5 Å². The molecule has 1 spiro atoms. The molecule has 3 heterocycles. The number of cyclic esters (lactones) is 1. The molecule has 4 aliphatic rings. The summed E-state index contributed by atoms with van der Waals surface area (Å²) < 4.78 is 17.9. The number of hydrogen-bond donors (Lipinski definition) is 4. The number of rotatable bonds is 12. The van der Waals surface area contributed by atoms with Crippen molar-refractivity contribution >= 4 is 35.5 Å². The van der Waals surface area contributed by atoms with Crippen LogP contribution in [0.3, 0.4) is 0 Å². The zero-order valence-electron chi connectivity index (χ0n) is 38.6. The van der Waals surface area contributed by atoms with E-state index in [1.165, 1.54) is 13.2 Å². The average Bonchev–Trinajstić information content (AvgIpc) is 3.69. The van der Waals surface area contributed by atoms with Gasteiger partial charge >= 0.3 is 18.0 Å². The Morgan fingerprint density at radius 2 is 1.57 bits per heavy atom. The predicted molar refractivity (Wildman–Crippen MR) is 253 cm³/mol. The van der Waals surface area contributed by atoms with E-state index in [4.69, 9.17) is 14.2 Å². The maximum absolute atomic E-state index is 16.6. The molecule has 14 nitrogen and oxygen atoms in total. The van der Waals surface area contributed by atoms with E-state index in [1.807, 2.05) is 65.6 Å². The summed E-state index contributed by atoms with van der Waals surface area (Å²) in [5, 5.41) is 27.4. The molecule has 0 radical (unpaired) electrons. The number of benzene rings is 4. The Kier molecular flexibility index (Phi) is 14.2. The highest BCUT2D eigenvalue weighted by atomic mass is 16.6. The third-order valence-electron chi connectivity index (χ3n) is 13.7. The molecule has 1 aliphatic carbocycles. The maximum atomic E-state index is 16.6. The lowest BCUT2D eigenvalue weighted by Gasteiger charge is -2.46. The van der Waals surface area contributed by atoms with Gasteiger partial charge in [-0.1, -0.05) is 123 Å². The summed E-state index contributed by atoms with van der Waals surface area (Å²) in [5.41, 5.74) is -1.02. The number of imide groups is 1. The topological polar surface area (TPSA) is 184 Å². The number of para-hydroxylation sites is 1. The number of esters is 2. The van der Waals surface area contributed by atoms with Crippen LogP contribution in [0.5, 0.6) is 5.75 Å². The average molecular weight is 923 g/mol. The Bertz CT molecular complexity index is 2600. The minimum absolute atomic E-state index is 0.0344. The molecule has 4 amide bonds. The summed E-state index contributed by atoms with van der Waals surface area (Å²) >= 11 is 0. The summed E-state index contributed by atoms with van der Waals surface area (Å²) in [6.45, 7) is 6.75. The van der Waals surface area contributed by atoms with Gasteiger partial charge in [0.15, 0.2) is 0 Å². The second-order valence-corrected chi connectivity index (χ2v) is 18.2. The van der Waals surface area contributed by atoms with Crippen LogP contribution in [0.2, 0.25) is 0 Å². The summed E-state index contributed by atoms with van der Waals surface area (Å²) in [6, 6.07) is 24.7. The number of aliphatic hydroxyl groups is 2. The van der Waals surface area contributed by atoms with Crippen LogP contribution in [0.15, 0.2) is 116 Å². The van der Waals surface area contributed by atoms with Crippen LogP contribution in [0, 0.1) is 23.7 Å². The highest BCUT2D eigenvalue weighted by molar-refractivity contribution is 6.25. The third kappa shape index (κ3) is 8.66. The van der Waals surface area contributed by atoms with Gasteiger partial charge in [0.05, 0.1) is 37.4 Å². The first-order chi connectivity index (χ1) is 32.9. The van der Waals surface area contributed by atoms with Crippen molar-refractivity contribution < 1.29 is 48.4 Å². The molecule has 7 atom stereocenters. The maximum Gasteiger partial charge on any atom is 0.329 e. The molecule has 4 aromatic carbocycles. The van der Waals surface area contributed by atoms with Gasteiger partial charge in [0.1, 0.15) is 41.6 Å². The monoisotopic (exact) mass is 922 g/mol. The Hall–Kier alpha value is -6.79. The molecule has 3 fully saturated rings. The summed E-state index contributed by atoms with van der Waals surface area (Å²) in [7, 11) is 1.20. The fourth-order valence-electron chi connectivity index (χ4n) is 10.7. The lowest BCUT2D eigenvalue weighted by atomic mass is 9.65. The number of hydrogen-bond acceptors (Lipinski definition) is 11. The van der Waals surface area contributed by atoms with Crippen LogP contribution in [-0.2, 0) is 34.1 Å². The van der Waals surface area contributed by atoms with E-state index in [1.54, 1.807) is 56.3 Å². The second-order valence-electron chi connectivity index (χ2n) is 18.2. The molecular weight excluding hydrogens is 865 g/mol. The van der Waals surface area contributed by atoms with Crippen molar-refractivity contribution in [2.45, 2.75) is 93.7 Å². The minimum Gasteiger partial charge on any atom is -0.491 e. The zero-order chi connectivity index (χ0) is 48.2. The fraction of sp³-hybridized carbons (Fsp3) is 0.389. The van der Waals surface area contributed by atoms with Gasteiger partial charge in [0.25, 0.3) is 0 Å². The molecule has 68 heavy (non-hydrogen) atoms. The molecule has 0 aromatic heterocycles. The first-order valence-electron chi connectivity index (χ1n) is 23.3. The minimum atomic E-state index is -2.16. The first-order valence-corrected chi connectivity index (χ1v) is 23.3. The van der Waals surface area contributed by atoms with Crippen molar-refractivity contribution in [3.63, 3.8) is 0 Å². The Morgan fingerprint density at radius 1 is 0.912 bits per heavy atom. The number of nitrogens with zero attached hydrogens (tertiary/aromatic N) is 2. The van der Waals surface area contributed by atoms with Crippen molar-refractivity contribution in [2.75, 3.05) is 31.8 Å². The fourth-order valence-corrected chi connectivity index (χ4v) is 10.7. The molecule has 4 aromatic rings. The predicted octanol–water partition coefficient (Wildman–Crippen LogP) is 6.37. The lowest BCUT2D eigenvalue weighted by Crippen LogP contribution is -2.57. The van der Waals surface area contributed by atoms with Crippen molar-refractivity contribution in [2.24, 2.45) is 11.8 Å². The molecule has 8 rings (SSSR count). The molecule has 2 saturated heterocycles. The van der Waals surface area contributed by atoms with Gasteiger partial charge in [-0.05, 0) is 72.6 Å². The summed E-state index contributed by atoms with van der Waals surface area (Å²) in [4.78, 5) is 78.4. The van der Waals surface area contributed by atoms with Crippen molar-refractivity contribution in [1.29, 1.82) is 0 Å². The summed E-state index contributed by atoms with van der Waals surface area (Å²) in [5.74, 6) is 1.43. The van der Waals surface area contributed by atoms with E-state index >= 15 is 19.2 Å². The van der Waals surface area contributed by atoms with Crippen LogP contribution >= 0.6 is 0 Å². The number of amides is 4. The normalized spacial score (nSPS) is 24.4. The van der Waals surface area contributed by atoms with E-state index in [0.29, 0.717) is 35.1 Å². The van der Waals surface area contributed by atoms with Gasteiger partial charge in [-0.25, -0.2) is 14.5 Å². The first kappa shape index (κ1) is 47.7. The van der Waals surface area contributed by atoms with E-state index < -0.39 is 82.9 Å². The lowest BCUT2D eigenvalue weighted by molar-refractivity contribution is -0.178. The number of ether oxygens (including phenoxy) is 3. The second kappa shape index (κ2) is 20.2. The van der Waals surface area contributed by atoms with Crippen LogP contribution in [0.4, 0.5) is 10.5 Å². The molecule has 0 unspecified atom stereocenters. The SMILES string of the molecule is C=CCNC(=O)[C@@H]1[C@H]2C(=O)O[C@H](c3ccccc3)[C@H](c3ccccc3)N2[C@H](c2ccccc2OCCO)[C@@]12C(=O)N(C(=O)N[C@H](C(=O)OC)C(C)C)c1ccc(C#CC3(O)CCCCCC3)cc12. The van der Waals surface area contributed by atoms with Gasteiger partial charge in [0.2, 0.25) is 11.8 Å². The quantitative estimate of drug-likeness (QED) is 0.0536. The molecule has 354 valence electrons. The number of aliphatic hydroxyl groups excluding tert-OH is 1. The number of fused-ring (bicyclic) bond motifs is 3. The van der Waals surface area contributed by atoms with Gasteiger partial charge in [-0.3, -0.25) is 19.3 Å². The van der Waals surface area contributed by atoms with Gasteiger partial charge in [-0.2, -0.15) is 0 Å². The number of methoxy groups -OCH3 is 1. The van der Waals surface area contributed by atoms with E-state index in [2.05, 4.69) is 29.1 Å². The highest BCUT2D eigenvalue weighted by Gasteiger charge is 2.76. The Labute approximate surface area is 396 Å². The van der Waals surface area contributed by atoms with Crippen LogP contribution in [0.1, 0.15) is 98.4 Å². The third-order valence-corrected chi connectivity index (χ3v) is 13.7. The van der Waals surface area contributed by atoms with E-state index in [0.717, 1.165) is 30.6 Å². The highest BCUT2D eigenvalue weighted by Crippen LogP contribution is 2.66. The van der Waals surface area contributed by atoms with Gasteiger partial charge in [0, 0.05) is 17.7 Å². The molecule has 0 bridgehead atoms. The molecule has 14 heteroatoms.